The number of aryl methyl sites for hydroxylation is 2. The molecule has 0 bridgehead atoms. The zero-order chi connectivity index (χ0) is 6.81. The third-order valence-electron chi connectivity index (χ3n) is 2.05. The highest BCUT2D eigenvalue weighted by Gasteiger charge is 2.05. The van der Waals surface area contributed by atoms with Crippen LogP contribution < -0.4 is 0 Å². The Morgan fingerprint density at radius 1 is 1.40 bits per heavy atom. The molecule has 0 N–H and O–H groups in total. The van der Waals surface area contributed by atoms with Crippen LogP contribution in [0.1, 0.15) is 25.0 Å². The summed E-state index contributed by atoms with van der Waals surface area (Å²) in [6.45, 7) is 1.12. The van der Waals surface area contributed by atoms with Crippen LogP contribution in [0.5, 0.6) is 0 Å². The third-order valence-corrected chi connectivity index (χ3v) is 2.05. The summed E-state index contributed by atoms with van der Waals surface area (Å²) in [6.07, 6.45) is 10.1. The number of nitrogens with zero attached hydrogens (tertiary/aromatic N) is 2. The summed E-state index contributed by atoms with van der Waals surface area (Å²) in [6, 6.07) is 0. The van der Waals surface area contributed by atoms with Gasteiger partial charge in [0.2, 0.25) is 0 Å². The molecule has 0 unspecified atom stereocenters. The van der Waals surface area contributed by atoms with Gasteiger partial charge in [-0.15, -0.1) is 0 Å². The maximum atomic E-state index is 3.98. The number of aromatic nitrogens is 2. The Kier molecular flexibility index (Phi) is 1.46. The molecule has 0 spiro atoms. The van der Waals surface area contributed by atoms with Crippen LogP contribution in [0.2, 0.25) is 0 Å². The van der Waals surface area contributed by atoms with Crippen LogP contribution in [-0.4, -0.2) is 9.55 Å². The lowest BCUT2D eigenvalue weighted by Crippen LogP contribution is -1.97. The Balaban J connectivity index is 2.28. The van der Waals surface area contributed by atoms with Crippen LogP contribution in [-0.2, 0) is 13.0 Å². The first-order chi connectivity index (χ1) is 4.97. The minimum absolute atomic E-state index is 1.12. The fourth-order valence-corrected chi connectivity index (χ4v) is 1.45. The molecule has 0 saturated heterocycles. The molecular weight excluding hydrogens is 124 g/mol. The molecule has 1 aliphatic rings. The highest BCUT2D eigenvalue weighted by Crippen LogP contribution is 2.12. The van der Waals surface area contributed by atoms with Crippen molar-refractivity contribution in [2.75, 3.05) is 0 Å². The van der Waals surface area contributed by atoms with Gasteiger partial charge in [-0.05, 0) is 19.3 Å². The first-order valence-electron chi connectivity index (χ1n) is 3.89. The van der Waals surface area contributed by atoms with Gasteiger partial charge in [-0.3, -0.25) is 0 Å². The van der Waals surface area contributed by atoms with Crippen molar-refractivity contribution >= 4 is 0 Å². The van der Waals surface area contributed by atoms with E-state index in [-0.39, 0.29) is 0 Å². The SMILES string of the molecule is [c]1ncc2n1CCCCC2. The van der Waals surface area contributed by atoms with Gasteiger partial charge in [0.1, 0.15) is 0 Å². The second-order valence-corrected chi connectivity index (χ2v) is 2.81. The third kappa shape index (κ3) is 0.939. The van der Waals surface area contributed by atoms with Crippen molar-refractivity contribution in [3.05, 3.63) is 18.2 Å². The second kappa shape index (κ2) is 2.45. The van der Waals surface area contributed by atoms with E-state index in [9.17, 15) is 0 Å². The lowest BCUT2D eigenvalue weighted by molar-refractivity contribution is 0.629. The summed E-state index contributed by atoms with van der Waals surface area (Å²) < 4.78 is 2.15. The van der Waals surface area contributed by atoms with E-state index in [0.29, 0.717) is 0 Å². The summed E-state index contributed by atoms with van der Waals surface area (Å²) in [5.41, 5.74) is 1.36. The Morgan fingerprint density at radius 3 is 3.40 bits per heavy atom. The lowest BCUT2D eigenvalue weighted by Gasteiger charge is -1.98. The maximum Gasteiger partial charge on any atom is 0.176 e. The molecule has 53 valence electrons. The van der Waals surface area contributed by atoms with Crippen LogP contribution in [0.25, 0.3) is 0 Å². The summed E-state index contributed by atoms with van der Waals surface area (Å²) in [5.74, 6) is 0. The van der Waals surface area contributed by atoms with Gasteiger partial charge in [-0.1, -0.05) is 6.42 Å². The van der Waals surface area contributed by atoms with Gasteiger partial charge in [0.25, 0.3) is 0 Å². The number of hydrogen-bond acceptors (Lipinski definition) is 1. The molecule has 2 heteroatoms. The van der Waals surface area contributed by atoms with Gasteiger partial charge in [0, 0.05) is 18.4 Å². The van der Waals surface area contributed by atoms with Gasteiger partial charge < -0.3 is 4.57 Å². The molecule has 1 aliphatic heterocycles. The zero-order valence-corrected chi connectivity index (χ0v) is 6.01. The van der Waals surface area contributed by atoms with E-state index in [0.717, 1.165) is 6.54 Å². The van der Waals surface area contributed by atoms with E-state index in [4.69, 9.17) is 0 Å². The molecular formula is C8H11N2. The average molecular weight is 135 g/mol. The summed E-state index contributed by atoms with van der Waals surface area (Å²) in [7, 11) is 0. The first-order valence-corrected chi connectivity index (χ1v) is 3.89. The van der Waals surface area contributed by atoms with Crippen molar-refractivity contribution in [2.24, 2.45) is 0 Å². The highest BCUT2D eigenvalue weighted by molar-refractivity contribution is 4.98. The van der Waals surface area contributed by atoms with Crippen LogP contribution >= 0.6 is 0 Å². The van der Waals surface area contributed by atoms with Crippen LogP contribution in [0.3, 0.4) is 0 Å². The predicted octanol–water partition coefficient (Wildman–Crippen LogP) is 1.41. The van der Waals surface area contributed by atoms with Crippen LogP contribution in [0.15, 0.2) is 6.20 Å². The minimum Gasteiger partial charge on any atom is -0.326 e. The molecule has 2 rings (SSSR count). The van der Waals surface area contributed by atoms with E-state index >= 15 is 0 Å². The van der Waals surface area contributed by atoms with E-state index in [1.165, 1.54) is 31.4 Å². The fraction of sp³-hybridized carbons (Fsp3) is 0.625. The average Bonchev–Trinajstić information content (AvgIpc) is 2.28. The molecule has 0 amide bonds. The van der Waals surface area contributed by atoms with E-state index in [1.807, 2.05) is 6.20 Å². The zero-order valence-electron chi connectivity index (χ0n) is 6.01. The Morgan fingerprint density at radius 2 is 2.40 bits per heavy atom. The molecule has 10 heavy (non-hydrogen) atoms. The molecule has 0 aromatic carbocycles. The van der Waals surface area contributed by atoms with Crippen LogP contribution in [0.4, 0.5) is 0 Å². The number of fused-ring (bicyclic) bond motifs is 1. The number of rotatable bonds is 0. The molecule has 1 radical (unpaired) electrons. The van der Waals surface area contributed by atoms with E-state index in [2.05, 4.69) is 15.9 Å². The summed E-state index contributed by atoms with van der Waals surface area (Å²) in [4.78, 5) is 3.98. The maximum absolute atomic E-state index is 3.98. The Hall–Kier alpha value is -0.790. The Bertz CT molecular complexity index is 194. The smallest absolute Gasteiger partial charge is 0.176 e. The largest absolute Gasteiger partial charge is 0.326 e. The molecule has 0 aliphatic carbocycles. The van der Waals surface area contributed by atoms with E-state index in [1.54, 1.807) is 0 Å². The monoisotopic (exact) mass is 135 g/mol. The van der Waals surface area contributed by atoms with Gasteiger partial charge in [0.15, 0.2) is 6.33 Å². The van der Waals surface area contributed by atoms with Gasteiger partial charge in [-0.2, -0.15) is 0 Å². The standard InChI is InChI=1S/C8H11N2/c1-2-4-8-6-9-7-10(8)5-3-1/h6H,1-5H2. The molecule has 0 atom stereocenters. The summed E-state index contributed by atoms with van der Waals surface area (Å²) >= 11 is 0. The van der Waals surface area contributed by atoms with Crippen molar-refractivity contribution in [3.63, 3.8) is 0 Å². The number of hydrogen-bond donors (Lipinski definition) is 0. The normalized spacial score (nSPS) is 18.0. The minimum atomic E-state index is 1.12. The van der Waals surface area contributed by atoms with Gasteiger partial charge in [-0.25, -0.2) is 4.98 Å². The highest BCUT2D eigenvalue weighted by atomic mass is 15.0. The molecule has 0 fully saturated rings. The molecule has 1 aromatic rings. The van der Waals surface area contributed by atoms with Crippen molar-refractivity contribution in [1.29, 1.82) is 0 Å². The predicted molar refractivity (Wildman–Crippen MR) is 38.6 cm³/mol. The van der Waals surface area contributed by atoms with Crippen molar-refractivity contribution < 1.29 is 0 Å². The number of imidazole rings is 1. The molecule has 2 heterocycles. The molecule has 0 saturated carbocycles. The Labute approximate surface area is 60.9 Å². The quantitative estimate of drug-likeness (QED) is 0.526. The molecule has 1 aromatic heterocycles. The first kappa shape index (κ1) is 5.96. The molecule has 2 nitrogen and oxygen atoms in total. The van der Waals surface area contributed by atoms with Crippen molar-refractivity contribution in [1.82, 2.24) is 9.55 Å². The topological polar surface area (TPSA) is 17.8 Å². The lowest BCUT2D eigenvalue weighted by atomic mass is 10.2. The van der Waals surface area contributed by atoms with Crippen molar-refractivity contribution in [3.8, 4) is 0 Å². The van der Waals surface area contributed by atoms with Crippen molar-refractivity contribution in [2.45, 2.75) is 32.2 Å². The second-order valence-electron chi connectivity index (χ2n) is 2.81. The van der Waals surface area contributed by atoms with Gasteiger partial charge in [0.05, 0.1) is 0 Å². The van der Waals surface area contributed by atoms with Crippen LogP contribution in [0, 0.1) is 6.33 Å². The summed E-state index contributed by atoms with van der Waals surface area (Å²) in [5, 5.41) is 0. The van der Waals surface area contributed by atoms with Gasteiger partial charge >= 0.3 is 0 Å². The fourth-order valence-electron chi connectivity index (χ4n) is 1.45. The van der Waals surface area contributed by atoms with E-state index < -0.39 is 0 Å².